The van der Waals surface area contributed by atoms with E-state index >= 15 is 0 Å². The molecule has 6 heteroatoms. The molecule has 0 aliphatic rings. The second-order valence-electron chi connectivity index (χ2n) is 6.63. The molecule has 0 aliphatic heterocycles. The van der Waals surface area contributed by atoms with Crippen LogP contribution in [0.3, 0.4) is 0 Å². The monoisotopic (exact) mass is 416 g/mol. The van der Waals surface area contributed by atoms with Crippen molar-refractivity contribution in [3.8, 4) is 5.75 Å². The molecule has 0 unspecified atom stereocenters. The number of esters is 2. The molecule has 4 nitrogen and oxygen atoms in total. The lowest BCUT2D eigenvalue weighted by Gasteiger charge is -2.06. The molecule has 0 amide bonds. The first-order valence-corrected chi connectivity index (χ1v) is 10.6. The lowest BCUT2D eigenvalue weighted by Crippen LogP contribution is -2.07. The maximum absolute atomic E-state index is 11.8. The van der Waals surface area contributed by atoms with Crippen molar-refractivity contribution >= 4 is 35.1 Å². The quantitative estimate of drug-likeness (QED) is 0.191. The van der Waals surface area contributed by atoms with Crippen LogP contribution in [-0.2, 0) is 14.3 Å². The Morgan fingerprint density at radius 1 is 0.778 bits per heavy atom. The third-order valence-electron chi connectivity index (χ3n) is 4.09. The summed E-state index contributed by atoms with van der Waals surface area (Å²) < 4.78 is 10.4. The summed E-state index contributed by atoms with van der Waals surface area (Å²) in [6.45, 7) is 2.67. The molecule has 1 rings (SSSR count). The zero-order chi connectivity index (χ0) is 19.9. The molecule has 0 aliphatic carbocycles. The maximum atomic E-state index is 11.8. The Morgan fingerprint density at radius 2 is 1.33 bits per heavy atom. The average molecular weight is 417 g/mol. The molecule has 0 heterocycles. The van der Waals surface area contributed by atoms with Crippen molar-refractivity contribution in [3.63, 3.8) is 0 Å². The second kappa shape index (κ2) is 14.8. The number of carbonyl (C=O) groups is 2. The van der Waals surface area contributed by atoms with Gasteiger partial charge in [-0.15, -0.1) is 0 Å². The van der Waals surface area contributed by atoms with Crippen molar-refractivity contribution in [2.24, 2.45) is 0 Å². The molecule has 0 saturated heterocycles. The highest BCUT2D eigenvalue weighted by atomic mass is 35.5. The van der Waals surface area contributed by atoms with Gasteiger partial charge in [0.1, 0.15) is 5.75 Å². The van der Waals surface area contributed by atoms with E-state index in [2.05, 4.69) is 6.92 Å². The van der Waals surface area contributed by atoms with E-state index in [0.717, 1.165) is 57.8 Å². The van der Waals surface area contributed by atoms with Gasteiger partial charge in [-0.2, -0.15) is 0 Å². The summed E-state index contributed by atoms with van der Waals surface area (Å²) in [5.41, 5.74) is 0. The molecule has 152 valence electrons. The van der Waals surface area contributed by atoms with Gasteiger partial charge in [-0.05, 0) is 37.5 Å². The highest BCUT2D eigenvalue weighted by Gasteiger charge is 2.07. The molecule has 0 radical (unpaired) electrons. The number of hydrogen-bond acceptors (Lipinski definition) is 4. The van der Waals surface area contributed by atoms with E-state index in [0.29, 0.717) is 35.2 Å². The molecule has 27 heavy (non-hydrogen) atoms. The molecule has 0 spiro atoms. The molecule has 0 bridgehead atoms. The first-order chi connectivity index (χ1) is 13.0. The highest BCUT2D eigenvalue weighted by molar-refractivity contribution is 6.34. The smallest absolute Gasteiger partial charge is 0.311 e. The van der Waals surface area contributed by atoms with Crippen LogP contribution in [0, 0.1) is 0 Å². The van der Waals surface area contributed by atoms with Gasteiger partial charge in [0.15, 0.2) is 0 Å². The van der Waals surface area contributed by atoms with Gasteiger partial charge in [-0.25, -0.2) is 0 Å². The topological polar surface area (TPSA) is 52.6 Å². The Morgan fingerprint density at radius 3 is 1.93 bits per heavy atom. The number of rotatable bonds is 14. The number of hydrogen-bond donors (Lipinski definition) is 0. The summed E-state index contributed by atoms with van der Waals surface area (Å²) in [5, 5.41) is 0.880. The Bertz CT molecular complexity index is 555. The number of benzene rings is 1. The van der Waals surface area contributed by atoms with Gasteiger partial charge in [0.25, 0.3) is 0 Å². The van der Waals surface area contributed by atoms with Crippen LogP contribution in [0.4, 0.5) is 0 Å². The van der Waals surface area contributed by atoms with Gasteiger partial charge < -0.3 is 9.47 Å². The predicted octanol–water partition coefficient (Wildman–Crippen LogP) is 6.75. The van der Waals surface area contributed by atoms with E-state index in [1.165, 1.54) is 0 Å². The largest absolute Gasteiger partial charge is 0.466 e. The van der Waals surface area contributed by atoms with Gasteiger partial charge in [0.2, 0.25) is 0 Å². The van der Waals surface area contributed by atoms with Crippen molar-refractivity contribution < 1.29 is 19.1 Å². The molecule has 0 saturated carbocycles. The van der Waals surface area contributed by atoms with Gasteiger partial charge in [0.05, 0.1) is 6.61 Å². The summed E-state index contributed by atoms with van der Waals surface area (Å²) in [5.74, 6) is 0.00759. The fraction of sp³-hybridized carbons (Fsp3) is 0.619. The van der Waals surface area contributed by atoms with Crippen LogP contribution < -0.4 is 4.74 Å². The zero-order valence-corrected chi connectivity index (χ0v) is 17.6. The van der Waals surface area contributed by atoms with Gasteiger partial charge >= 0.3 is 11.9 Å². The lowest BCUT2D eigenvalue weighted by molar-refractivity contribution is -0.144. The highest BCUT2D eigenvalue weighted by Crippen LogP contribution is 2.24. The standard InChI is InChI=1S/C21H30Cl2O4/c1-2-3-10-13-26-20(24)11-8-6-4-5-7-9-12-21(25)27-19-15-17(22)14-18(23)16-19/h14-16H,2-13H2,1H3. The van der Waals surface area contributed by atoms with Crippen molar-refractivity contribution in [2.45, 2.75) is 77.6 Å². The van der Waals surface area contributed by atoms with Crippen molar-refractivity contribution in [1.82, 2.24) is 0 Å². The van der Waals surface area contributed by atoms with Crippen LogP contribution in [-0.4, -0.2) is 18.5 Å². The maximum Gasteiger partial charge on any atom is 0.311 e. The molecule has 0 aromatic heterocycles. The van der Waals surface area contributed by atoms with Gasteiger partial charge in [-0.3, -0.25) is 9.59 Å². The summed E-state index contributed by atoms with van der Waals surface area (Å²) in [6, 6.07) is 4.73. The fourth-order valence-corrected chi connectivity index (χ4v) is 3.13. The summed E-state index contributed by atoms with van der Waals surface area (Å²) in [7, 11) is 0. The van der Waals surface area contributed by atoms with Crippen LogP contribution in [0.2, 0.25) is 10.0 Å². The van der Waals surface area contributed by atoms with Crippen molar-refractivity contribution in [2.75, 3.05) is 6.61 Å². The first kappa shape index (κ1) is 23.8. The van der Waals surface area contributed by atoms with E-state index < -0.39 is 0 Å². The Hall–Kier alpha value is -1.26. The number of halogens is 2. The van der Waals surface area contributed by atoms with E-state index in [4.69, 9.17) is 32.7 Å². The van der Waals surface area contributed by atoms with Crippen molar-refractivity contribution in [1.29, 1.82) is 0 Å². The zero-order valence-electron chi connectivity index (χ0n) is 16.1. The Balaban J connectivity index is 1.97. The molecule has 0 atom stereocenters. The summed E-state index contributed by atoms with van der Waals surface area (Å²) in [6.07, 6.45) is 9.78. The second-order valence-corrected chi connectivity index (χ2v) is 7.50. The lowest BCUT2D eigenvalue weighted by atomic mass is 10.1. The molecule has 0 fully saturated rings. The average Bonchev–Trinajstić information content (AvgIpc) is 2.60. The summed E-state index contributed by atoms with van der Waals surface area (Å²) in [4.78, 5) is 23.3. The number of unbranched alkanes of at least 4 members (excludes halogenated alkanes) is 7. The molecule has 1 aromatic rings. The molecule has 0 N–H and O–H groups in total. The van der Waals surface area contributed by atoms with E-state index in [1.807, 2.05) is 0 Å². The minimum Gasteiger partial charge on any atom is -0.466 e. The van der Waals surface area contributed by atoms with Gasteiger partial charge in [-0.1, -0.05) is 68.7 Å². The fourth-order valence-electron chi connectivity index (χ4n) is 2.63. The third-order valence-corrected chi connectivity index (χ3v) is 4.53. The third kappa shape index (κ3) is 12.7. The van der Waals surface area contributed by atoms with E-state index in [9.17, 15) is 9.59 Å². The predicted molar refractivity (Wildman–Crippen MR) is 110 cm³/mol. The van der Waals surface area contributed by atoms with E-state index in [-0.39, 0.29) is 11.9 Å². The van der Waals surface area contributed by atoms with Crippen LogP contribution in [0.25, 0.3) is 0 Å². The molecule has 1 aromatic carbocycles. The van der Waals surface area contributed by atoms with Gasteiger partial charge in [0, 0.05) is 22.9 Å². The van der Waals surface area contributed by atoms with Crippen LogP contribution in [0.5, 0.6) is 5.75 Å². The number of carbonyl (C=O) groups excluding carboxylic acids is 2. The van der Waals surface area contributed by atoms with Crippen molar-refractivity contribution in [3.05, 3.63) is 28.2 Å². The first-order valence-electron chi connectivity index (χ1n) is 9.83. The number of ether oxygens (including phenoxy) is 2. The summed E-state index contributed by atoms with van der Waals surface area (Å²) >= 11 is 11.7. The SMILES string of the molecule is CCCCCOC(=O)CCCCCCCCC(=O)Oc1cc(Cl)cc(Cl)c1. The minimum absolute atomic E-state index is 0.0880. The Labute approximate surface area is 172 Å². The van der Waals surface area contributed by atoms with Crippen LogP contribution in [0.1, 0.15) is 77.6 Å². The van der Waals surface area contributed by atoms with E-state index in [1.54, 1.807) is 18.2 Å². The minimum atomic E-state index is -0.279. The van der Waals surface area contributed by atoms with Crippen LogP contribution in [0.15, 0.2) is 18.2 Å². The normalized spacial score (nSPS) is 10.6. The Kier molecular flexibility index (Phi) is 13.0. The molecular formula is C21H30Cl2O4. The van der Waals surface area contributed by atoms with Crippen LogP contribution >= 0.6 is 23.2 Å². The molecular weight excluding hydrogens is 387 g/mol.